The van der Waals surface area contributed by atoms with E-state index in [0.717, 1.165) is 5.57 Å². The van der Waals surface area contributed by atoms with Gasteiger partial charge in [0.1, 0.15) is 11.6 Å². The molecule has 2 rings (SSSR count). The Hall–Kier alpha value is -3.28. The van der Waals surface area contributed by atoms with Gasteiger partial charge in [-0.1, -0.05) is 12.2 Å². The number of piperidine rings is 1. The number of hydrogen-bond donors (Lipinski definition) is 1. The van der Waals surface area contributed by atoms with E-state index in [4.69, 9.17) is 15.9 Å². The van der Waals surface area contributed by atoms with Crippen molar-refractivity contribution in [2.45, 2.75) is 65.0 Å². The Balaban J connectivity index is 1.89. The second kappa shape index (κ2) is 13.0. The topological polar surface area (TPSA) is 105 Å². The van der Waals surface area contributed by atoms with Crippen LogP contribution in [0.3, 0.4) is 0 Å². The van der Waals surface area contributed by atoms with Crippen molar-refractivity contribution >= 4 is 23.9 Å². The standard InChI is InChI=1S/C26H37N3O6/c1-6-9-21(24(32)34-7-2)27-23(31)20-10-8-15-29(18-20)22(30)12-11-19-13-16-28(17-14-19)25(33)35-26(3,4)5/h1,11-13,20-21H,7-10,14-18H2,2-5H3,(H,27,31)/b12-11+/t20-,21+/m1/s1. The molecule has 0 spiro atoms. The van der Waals surface area contributed by atoms with Crippen LogP contribution in [0.1, 0.15) is 53.4 Å². The van der Waals surface area contributed by atoms with E-state index < -0.39 is 23.5 Å². The summed E-state index contributed by atoms with van der Waals surface area (Å²) in [7, 11) is 0. The summed E-state index contributed by atoms with van der Waals surface area (Å²) < 4.78 is 10.4. The Bertz CT molecular complexity index is 896. The fraction of sp³-hybridized carbons (Fsp3) is 0.615. The van der Waals surface area contributed by atoms with Crippen LogP contribution < -0.4 is 5.32 Å². The van der Waals surface area contributed by atoms with Crippen LogP contribution in [0, 0.1) is 18.3 Å². The van der Waals surface area contributed by atoms with Gasteiger partial charge in [-0.05, 0) is 52.5 Å². The third-order valence-corrected chi connectivity index (χ3v) is 5.65. The maximum atomic E-state index is 12.8. The van der Waals surface area contributed by atoms with Crippen LogP contribution in [0.25, 0.3) is 0 Å². The normalized spacial score (nSPS) is 19.4. The molecule has 1 fully saturated rings. The molecule has 0 radical (unpaired) electrons. The van der Waals surface area contributed by atoms with E-state index in [9.17, 15) is 19.2 Å². The highest BCUT2D eigenvalue weighted by Crippen LogP contribution is 2.19. The fourth-order valence-electron chi connectivity index (χ4n) is 3.85. The summed E-state index contributed by atoms with van der Waals surface area (Å²) in [6.07, 6.45) is 12.1. The molecule has 0 aromatic heterocycles. The van der Waals surface area contributed by atoms with Crippen molar-refractivity contribution in [1.82, 2.24) is 15.1 Å². The van der Waals surface area contributed by atoms with Crippen molar-refractivity contribution in [3.8, 4) is 12.3 Å². The smallest absolute Gasteiger partial charge is 0.410 e. The van der Waals surface area contributed by atoms with Gasteiger partial charge >= 0.3 is 12.1 Å². The van der Waals surface area contributed by atoms with Crippen LogP contribution in [0.2, 0.25) is 0 Å². The number of nitrogens with zero attached hydrogens (tertiary/aromatic N) is 2. The number of likely N-dealkylation sites (tertiary alicyclic amines) is 1. The van der Waals surface area contributed by atoms with E-state index in [0.29, 0.717) is 38.9 Å². The minimum atomic E-state index is -0.892. The minimum absolute atomic E-state index is 0.0448. The number of allylic oxidation sites excluding steroid dienone is 1. The number of carbonyl (C=O) groups excluding carboxylic acids is 4. The van der Waals surface area contributed by atoms with E-state index >= 15 is 0 Å². The number of nitrogens with one attached hydrogen (secondary N) is 1. The molecule has 1 saturated heterocycles. The lowest BCUT2D eigenvalue weighted by Crippen LogP contribution is -2.49. The van der Waals surface area contributed by atoms with Gasteiger partial charge in [-0.25, -0.2) is 9.59 Å². The molecular formula is C26H37N3O6. The summed E-state index contributed by atoms with van der Waals surface area (Å²) in [4.78, 5) is 53.0. The van der Waals surface area contributed by atoms with E-state index in [-0.39, 0.29) is 37.5 Å². The minimum Gasteiger partial charge on any atom is -0.464 e. The molecule has 0 saturated carbocycles. The number of hydrogen-bond acceptors (Lipinski definition) is 6. The molecule has 2 aliphatic rings. The molecule has 2 aliphatic heterocycles. The number of ether oxygens (including phenoxy) is 2. The highest BCUT2D eigenvalue weighted by atomic mass is 16.6. The first-order chi connectivity index (χ1) is 16.5. The first-order valence-electron chi connectivity index (χ1n) is 12.1. The summed E-state index contributed by atoms with van der Waals surface area (Å²) in [5.41, 5.74) is 0.425. The van der Waals surface area contributed by atoms with Crippen molar-refractivity contribution in [3.63, 3.8) is 0 Å². The van der Waals surface area contributed by atoms with Crippen molar-refractivity contribution in [2.24, 2.45) is 5.92 Å². The van der Waals surface area contributed by atoms with E-state index in [1.165, 1.54) is 6.08 Å². The lowest BCUT2D eigenvalue weighted by molar-refractivity contribution is -0.148. The molecule has 192 valence electrons. The third kappa shape index (κ3) is 9.12. The molecule has 2 heterocycles. The monoisotopic (exact) mass is 487 g/mol. The SMILES string of the molecule is C#CC[C@H](NC(=O)[C@@H]1CCCN(C(=O)/C=C/C2=CCN(C(=O)OC(C)(C)C)CC2)C1)C(=O)OCC. The van der Waals surface area contributed by atoms with Crippen LogP contribution in [-0.4, -0.2) is 78.1 Å². The highest BCUT2D eigenvalue weighted by Gasteiger charge is 2.31. The second-order valence-corrected chi connectivity index (χ2v) is 9.63. The zero-order chi connectivity index (χ0) is 26.0. The fourth-order valence-corrected chi connectivity index (χ4v) is 3.85. The van der Waals surface area contributed by atoms with Gasteiger partial charge in [0.25, 0.3) is 0 Å². The summed E-state index contributed by atoms with van der Waals surface area (Å²) in [5, 5.41) is 2.68. The van der Waals surface area contributed by atoms with Crippen molar-refractivity contribution in [1.29, 1.82) is 0 Å². The highest BCUT2D eigenvalue weighted by molar-refractivity contribution is 5.90. The molecule has 0 bridgehead atoms. The number of terminal acetylenes is 1. The van der Waals surface area contributed by atoms with Crippen LogP contribution in [-0.2, 0) is 23.9 Å². The van der Waals surface area contributed by atoms with Gasteiger partial charge in [-0.15, -0.1) is 12.3 Å². The zero-order valence-corrected chi connectivity index (χ0v) is 21.2. The number of rotatable bonds is 7. The average molecular weight is 488 g/mol. The lowest BCUT2D eigenvalue weighted by atomic mass is 9.96. The molecule has 1 N–H and O–H groups in total. The molecule has 0 aliphatic carbocycles. The van der Waals surface area contributed by atoms with Crippen LogP contribution in [0.15, 0.2) is 23.8 Å². The Kier molecular flexibility index (Phi) is 10.4. The molecule has 9 nitrogen and oxygen atoms in total. The molecule has 0 unspecified atom stereocenters. The van der Waals surface area contributed by atoms with E-state index in [1.807, 2.05) is 26.8 Å². The maximum absolute atomic E-state index is 12.8. The average Bonchev–Trinajstić information content (AvgIpc) is 2.81. The molecule has 2 atom stereocenters. The van der Waals surface area contributed by atoms with E-state index in [2.05, 4.69) is 11.2 Å². The number of amides is 3. The third-order valence-electron chi connectivity index (χ3n) is 5.65. The van der Waals surface area contributed by atoms with Crippen molar-refractivity contribution in [3.05, 3.63) is 23.8 Å². The van der Waals surface area contributed by atoms with Gasteiger partial charge in [0.2, 0.25) is 11.8 Å². The van der Waals surface area contributed by atoms with Gasteiger partial charge in [0, 0.05) is 38.7 Å². The first-order valence-corrected chi connectivity index (χ1v) is 12.1. The lowest BCUT2D eigenvalue weighted by Gasteiger charge is -2.32. The Labute approximate surface area is 207 Å². The summed E-state index contributed by atoms with van der Waals surface area (Å²) in [5.74, 6) is 0.917. The zero-order valence-electron chi connectivity index (χ0n) is 21.2. The second-order valence-electron chi connectivity index (χ2n) is 9.63. The van der Waals surface area contributed by atoms with Crippen molar-refractivity contribution in [2.75, 3.05) is 32.8 Å². The summed E-state index contributed by atoms with van der Waals surface area (Å²) in [6, 6.07) is -0.892. The van der Waals surface area contributed by atoms with Crippen LogP contribution >= 0.6 is 0 Å². The molecular weight excluding hydrogens is 450 g/mol. The Morgan fingerprint density at radius 1 is 1.26 bits per heavy atom. The predicted molar refractivity (Wildman–Crippen MR) is 131 cm³/mol. The maximum Gasteiger partial charge on any atom is 0.410 e. The van der Waals surface area contributed by atoms with Crippen molar-refractivity contribution < 1.29 is 28.7 Å². The van der Waals surface area contributed by atoms with Gasteiger partial charge < -0.3 is 24.6 Å². The van der Waals surface area contributed by atoms with Crippen LogP contribution in [0.4, 0.5) is 4.79 Å². The van der Waals surface area contributed by atoms with Gasteiger partial charge in [0.05, 0.1) is 12.5 Å². The van der Waals surface area contributed by atoms with Gasteiger partial charge in [-0.3, -0.25) is 9.59 Å². The van der Waals surface area contributed by atoms with E-state index in [1.54, 1.807) is 22.8 Å². The summed E-state index contributed by atoms with van der Waals surface area (Å²) in [6.45, 7) is 9.14. The number of carbonyl (C=O) groups is 4. The van der Waals surface area contributed by atoms with Gasteiger partial charge in [-0.2, -0.15) is 0 Å². The molecule has 0 aromatic carbocycles. The Morgan fingerprint density at radius 2 is 2.00 bits per heavy atom. The molecule has 9 heteroatoms. The van der Waals surface area contributed by atoms with Gasteiger partial charge in [0.15, 0.2) is 0 Å². The molecule has 0 aromatic rings. The molecule has 35 heavy (non-hydrogen) atoms. The Morgan fingerprint density at radius 3 is 2.60 bits per heavy atom. The predicted octanol–water partition coefficient (Wildman–Crippen LogP) is 2.42. The van der Waals surface area contributed by atoms with Crippen LogP contribution in [0.5, 0.6) is 0 Å². The quantitative estimate of drug-likeness (QED) is 0.336. The molecule has 3 amide bonds. The largest absolute Gasteiger partial charge is 0.464 e. The number of esters is 1. The first kappa shape index (κ1) is 28.0. The summed E-state index contributed by atoms with van der Waals surface area (Å²) >= 11 is 0.